The van der Waals surface area contributed by atoms with Crippen molar-refractivity contribution in [3.63, 3.8) is 0 Å². The van der Waals surface area contributed by atoms with Gasteiger partial charge in [-0.1, -0.05) is 12.1 Å². The molecule has 5 nitrogen and oxygen atoms in total. The van der Waals surface area contributed by atoms with Gasteiger partial charge < -0.3 is 20.1 Å². The van der Waals surface area contributed by atoms with E-state index in [1.54, 1.807) is 12.1 Å². The highest BCUT2D eigenvalue weighted by molar-refractivity contribution is 14.0. The van der Waals surface area contributed by atoms with E-state index in [2.05, 4.69) is 15.6 Å². The minimum absolute atomic E-state index is 0. The number of hydrogen-bond acceptors (Lipinski definition) is 3. The average Bonchev–Trinajstić information content (AvgIpc) is 2.69. The number of benzene rings is 2. The van der Waals surface area contributed by atoms with Crippen molar-refractivity contribution >= 4 is 29.9 Å². The van der Waals surface area contributed by atoms with Gasteiger partial charge in [0.05, 0.1) is 26.3 Å². The van der Waals surface area contributed by atoms with Gasteiger partial charge >= 0.3 is 6.18 Å². The molecule has 30 heavy (non-hydrogen) atoms. The highest BCUT2D eigenvalue weighted by Crippen LogP contribution is 2.32. The van der Waals surface area contributed by atoms with Crippen molar-refractivity contribution in [2.75, 3.05) is 20.8 Å². The number of halogens is 5. The summed E-state index contributed by atoms with van der Waals surface area (Å²) in [5.74, 6) is 0.537. The normalized spacial score (nSPS) is 11.5. The zero-order chi connectivity index (χ0) is 21.4. The fourth-order valence-electron chi connectivity index (χ4n) is 2.64. The number of rotatable bonds is 7. The van der Waals surface area contributed by atoms with Gasteiger partial charge in [0.25, 0.3) is 0 Å². The lowest BCUT2D eigenvalue weighted by molar-refractivity contribution is -0.138. The maximum Gasteiger partial charge on any atom is 0.416 e. The zero-order valence-electron chi connectivity index (χ0n) is 16.8. The molecule has 0 fully saturated rings. The molecule has 0 aliphatic heterocycles. The molecule has 0 aliphatic carbocycles. The summed E-state index contributed by atoms with van der Waals surface area (Å²) in [4.78, 5) is 4.38. The summed E-state index contributed by atoms with van der Waals surface area (Å²) in [6.45, 7) is 2.47. The fraction of sp³-hybridized carbons (Fsp3) is 0.350. The molecule has 0 aliphatic rings. The Hall–Kier alpha value is -2.24. The molecule has 2 aromatic rings. The molecule has 0 bridgehead atoms. The number of nitrogens with one attached hydrogen (secondary N) is 2. The van der Waals surface area contributed by atoms with Crippen molar-refractivity contribution < 1.29 is 27.0 Å². The van der Waals surface area contributed by atoms with Crippen molar-refractivity contribution in [2.45, 2.75) is 26.2 Å². The minimum Gasteiger partial charge on any atom is -0.493 e. The van der Waals surface area contributed by atoms with Crippen LogP contribution in [0.1, 0.15) is 23.6 Å². The largest absolute Gasteiger partial charge is 0.493 e. The predicted molar refractivity (Wildman–Crippen MR) is 118 cm³/mol. The smallest absolute Gasteiger partial charge is 0.416 e. The molecular weight excluding hydrogens is 517 g/mol. The molecule has 0 heterocycles. The molecule has 2 N–H and O–H groups in total. The first kappa shape index (κ1) is 25.8. The first-order valence-electron chi connectivity index (χ1n) is 8.87. The van der Waals surface area contributed by atoms with Gasteiger partial charge in [-0.15, -0.1) is 24.0 Å². The SMILES string of the molecule is CCNC(=NCc1ccc(OC)c(OC)c1)NCc1ccc(F)cc1C(F)(F)F.I. The molecule has 0 unspecified atom stereocenters. The maximum atomic E-state index is 13.2. The van der Waals surface area contributed by atoms with Crippen LogP contribution in [0.4, 0.5) is 17.6 Å². The van der Waals surface area contributed by atoms with Crippen molar-refractivity contribution in [2.24, 2.45) is 4.99 Å². The van der Waals surface area contributed by atoms with E-state index in [0.29, 0.717) is 30.1 Å². The Labute approximate surface area is 189 Å². The monoisotopic (exact) mass is 541 g/mol. The zero-order valence-corrected chi connectivity index (χ0v) is 19.1. The van der Waals surface area contributed by atoms with Crippen molar-refractivity contribution in [3.05, 3.63) is 58.9 Å². The molecule has 0 aromatic heterocycles. The van der Waals surface area contributed by atoms with E-state index in [1.807, 2.05) is 13.0 Å². The van der Waals surface area contributed by atoms with Gasteiger partial charge in [-0.3, -0.25) is 0 Å². The van der Waals surface area contributed by atoms with Gasteiger partial charge in [0.2, 0.25) is 0 Å². The number of methoxy groups -OCH3 is 2. The van der Waals surface area contributed by atoms with E-state index in [1.165, 1.54) is 14.2 Å². The average molecular weight is 541 g/mol. The summed E-state index contributed by atoms with van der Waals surface area (Å²) in [5, 5.41) is 5.82. The lowest BCUT2D eigenvalue weighted by Gasteiger charge is -2.16. The lowest BCUT2D eigenvalue weighted by Crippen LogP contribution is -2.37. The molecule has 166 valence electrons. The molecule has 10 heteroatoms. The van der Waals surface area contributed by atoms with Gasteiger partial charge in [0.15, 0.2) is 17.5 Å². The highest BCUT2D eigenvalue weighted by atomic mass is 127. The standard InChI is InChI=1S/C20H23F4N3O2.HI/c1-4-25-19(26-11-13-5-8-17(28-2)18(9-13)29-3)27-12-14-6-7-15(21)10-16(14)20(22,23)24;/h5-10H,4,11-12H2,1-3H3,(H2,25,26,27);1H. The second-order valence-electron chi connectivity index (χ2n) is 6.04. The summed E-state index contributed by atoms with van der Waals surface area (Å²) in [6.07, 6.45) is -4.64. The first-order chi connectivity index (χ1) is 13.8. The molecule has 2 aromatic carbocycles. The van der Waals surface area contributed by atoms with Crippen LogP contribution in [0.2, 0.25) is 0 Å². The molecule has 0 saturated carbocycles. The number of ether oxygens (including phenoxy) is 2. The van der Waals surface area contributed by atoms with Gasteiger partial charge in [0.1, 0.15) is 5.82 Å². The third-order valence-corrected chi connectivity index (χ3v) is 4.04. The van der Waals surface area contributed by atoms with Crippen LogP contribution in [0.5, 0.6) is 11.5 Å². The Bertz CT molecular complexity index is 860. The van der Waals surface area contributed by atoms with E-state index in [9.17, 15) is 17.6 Å². The van der Waals surface area contributed by atoms with Crippen LogP contribution in [0, 0.1) is 5.82 Å². The number of hydrogen-bond donors (Lipinski definition) is 2. The number of nitrogens with zero attached hydrogens (tertiary/aromatic N) is 1. The van der Waals surface area contributed by atoms with Gasteiger partial charge in [-0.25, -0.2) is 9.38 Å². The third-order valence-electron chi connectivity index (χ3n) is 4.04. The minimum atomic E-state index is -4.64. The highest BCUT2D eigenvalue weighted by Gasteiger charge is 2.33. The molecule has 2 rings (SSSR count). The quantitative estimate of drug-likeness (QED) is 0.230. The van der Waals surface area contributed by atoms with Crippen LogP contribution < -0.4 is 20.1 Å². The number of alkyl halides is 3. The van der Waals surface area contributed by atoms with Crippen LogP contribution in [0.25, 0.3) is 0 Å². The van der Waals surface area contributed by atoms with E-state index < -0.39 is 17.6 Å². The van der Waals surface area contributed by atoms with Crippen LogP contribution in [-0.4, -0.2) is 26.7 Å². The van der Waals surface area contributed by atoms with Gasteiger partial charge in [0, 0.05) is 13.1 Å². The topological polar surface area (TPSA) is 54.9 Å². The van der Waals surface area contributed by atoms with Crippen LogP contribution in [0.15, 0.2) is 41.4 Å². The summed E-state index contributed by atoms with van der Waals surface area (Å²) >= 11 is 0. The predicted octanol–water partition coefficient (Wildman–Crippen LogP) is 4.74. The van der Waals surface area contributed by atoms with E-state index in [0.717, 1.165) is 17.7 Å². The summed E-state index contributed by atoms with van der Waals surface area (Å²) in [7, 11) is 3.06. The van der Waals surface area contributed by atoms with Crippen LogP contribution in [0.3, 0.4) is 0 Å². The van der Waals surface area contributed by atoms with Crippen molar-refractivity contribution in [3.8, 4) is 11.5 Å². The molecule has 0 amide bonds. The Kier molecular flexibility index (Phi) is 10.2. The summed E-state index contributed by atoms with van der Waals surface area (Å²) in [6, 6.07) is 7.94. The molecule has 0 saturated heterocycles. The fourth-order valence-corrected chi connectivity index (χ4v) is 2.64. The van der Waals surface area contributed by atoms with E-state index >= 15 is 0 Å². The Balaban J connectivity index is 0.00000450. The number of aliphatic imine (C=N–C) groups is 1. The molecule has 0 spiro atoms. The maximum absolute atomic E-state index is 13.2. The second kappa shape index (κ2) is 11.8. The third kappa shape index (κ3) is 7.22. The second-order valence-corrected chi connectivity index (χ2v) is 6.04. The molecule has 0 atom stereocenters. The molecule has 0 radical (unpaired) electrons. The van der Waals surface area contributed by atoms with Crippen molar-refractivity contribution in [1.82, 2.24) is 10.6 Å². The Morgan fingerprint density at radius 3 is 2.30 bits per heavy atom. The Morgan fingerprint density at radius 2 is 1.70 bits per heavy atom. The van der Waals surface area contributed by atoms with E-state index in [4.69, 9.17) is 9.47 Å². The van der Waals surface area contributed by atoms with Gasteiger partial charge in [-0.05, 0) is 42.3 Å². The Morgan fingerprint density at radius 1 is 1.00 bits per heavy atom. The lowest BCUT2D eigenvalue weighted by atomic mass is 10.1. The van der Waals surface area contributed by atoms with Crippen LogP contribution >= 0.6 is 24.0 Å². The van der Waals surface area contributed by atoms with Gasteiger partial charge in [-0.2, -0.15) is 13.2 Å². The number of guanidine groups is 1. The van der Waals surface area contributed by atoms with Crippen molar-refractivity contribution in [1.29, 1.82) is 0 Å². The summed E-state index contributed by atoms with van der Waals surface area (Å²) in [5.41, 5.74) is -0.256. The van der Waals surface area contributed by atoms with E-state index in [-0.39, 0.29) is 42.6 Å². The summed E-state index contributed by atoms with van der Waals surface area (Å²) < 4.78 is 63.1. The molecular formula is C20H24F4IN3O2. The first-order valence-corrected chi connectivity index (χ1v) is 8.87. The van der Waals surface area contributed by atoms with Crippen LogP contribution in [-0.2, 0) is 19.3 Å².